The van der Waals surface area contributed by atoms with E-state index in [1.54, 1.807) is 20.3 Å². The van der Waals surface area contributed by atoms with Crippen LogP contribution < -0.4 is 14.8 Å². The molecule has 7 nitrogen and oxygen atoms in total. The van der Waals surface area contributed by atoms with Gasteiger partial charge in [-0.05, 0) is 37.1 Å². The van der Waals surface area contributed by atoms with Crippen LogP contribution in [0.3, 0.4) is 0 Å². The number of hydrogen-bond acceptors (Lipinski definition) is 7. The third-order valence-electron chi connectivity index (χ3n) is 4.23. The fourth-order valence-corrected chi connectivity index (χ4v) is 3.42. The lowest BCUT2D eigenvalue weighted by atomic mass is 10.1. The zero-order valence-electron chi connectivity index (χ0n) is 15.4. The molecule has 3 rings (SSSR count). The molecule has 0 spiro atoms. The minimum Gasteiger partial charge on any atom is -0.497 e. The predicted molar refractivity (Wildman–Crippen MR) is 103 cm³/mol. The second-order valence-electron chi connectivity index (χ2n) is 6.05. The molecule has 1 saturated heterocycles. The molecule has 2 heterocycles. The first-order valence-electron chi connectivity index (χ1n) is 8.77. The number of ether oxygens (including phenoxy) is 3. The van der Waals surface area contributed by atoms with Crippen molar-refractivity contribution in [3.8, 4) is 22.8 Å². The summed E-state index contributed by atoms with van der Waals surface area (Å²) >= 11 is 1.35. The number of amides is 1. The summed E-state index contributed by atoms with van der Waals surface area (Å²) in [6.45, 7) is 1.36. The van der Waals surface area contributed by atoms with Crippen LogP contribution in [0.15, 0.2) is 35.4 Å². The van der Waals surface area contributed by atoms with E-state index in [1.165, 1.54) is 11.8 Å². The number of thioether (sulfide) groups is 1. The third-order valence-corrected chi connectivity index (χ3v) is 5.15. The quantitative estimate of drug-likeness (QED) is 0.695. The first kappa shape index (κ1) is 19.4. The highest BCUT2D eigenvalue weighted by Crippen LogP contribution is 2.32. The van der Waals surface area contributed by atoms with Gasteiger partial charge in [0.25, 0.3) is 0 Å². The number of carbonyl (C=O) groups excluding carboxylic acids is 1. The SMILES string of the molecule is COc1ccc(-c2ccc(SCC(=O)NCC3CCCO3)nn2)c(OC)c1. The third kappa shape index (κ3) is 5.33. The Balaban J connectivity index is 1.55. The summed E-state index contributed by atoms with van der Waals surface area (Å²) in [5.74, 6) is 1.65. The molecule has 1 unspecified atom stereocenters. The number of carbonyl (C=O) groups is 1. The lowest BCUT2D eigenvalue weighted by molar-refractivity contribution is -0.119. The Morgan fingerprint density at radius 2 is 2.15 bits per heavy atom. The van der Waals surface area contributed by atoms with Gasteiger partial charge >= 0.3 is 0 Å². The Hall–Kier alpha value is -2.32. The number of nitrogens with one attached hydrogen (secondary N) is 1. The number of aromatic nitrogens is 2. The predicted octanol–water partition coefficient (Wildman–Crippen LogP) is 2.55. The Labute approximate surface area is 162 Å². The van der Waals surface area contributed by atoms with Gasteiger partial charge in [0.2, 0.25) is 5.91 Å². The maximum Gasteiger partial charge on any atom is 0.230 e. The Kier molecular flexibility index (Phi) is 6.89. The van der Waals surface area contributed by atoms with E-state index < -0.39 is 0 Å². The zero-order chi connectivity index (χ0) is 19.1. The molecule has 27 heavy (non-hydrogen) atoms. The topological polar surface area (TPSA) is 82.6 Å². The van der Waals surface area contributed by atoms with Crippen molar-refractivity contribution in [2.24, 2.45) is 0 Å². The van der Waals surface area contributed by atoms with Gasteiger partial charge in [-0.15, -0.1) is 10.2 Å². The Bertz CT molecular complexity index is 764. The van der Waals surface area contributed by atoms with E-state index in [9.17, 15) is 4.79 Å². The number of rotatable bonds is 8. The summed E-state index contributed by atoms with van der Waals surface area (Å²) in [7, 11) is 3.21. The lowest BCUT2D eigenvalue weighted by Crippen LogP contribution is -2.32. The molecule has 1 aromatic heterocycles. The van der Waals surface area contributed by atoms with Crippen molar-refractivity contribution in [1.82, 2.24) is 15.5 Å². The molecule has 0 radical (unpaired) electrons. The van der Waals surface area contributed by atoms with Crippen LogP contribution in [0.5, 0.6) is 11.5 Å². The first-order chi connectivity index (χ1) is 13.2. The van der Waals surface area contributed by atoms with Gasteiger partial charge in [-0.2, -0.15) is 0 Å². The molecular weight excluding hydrogens is 366 g/mol. The van der Waals surface area contributed by atoms with Gasteiger partial charge in [-0.25, -0.2) is 0 Å². The van der Waals surface area contributed by atoms with Crippen molar-refractivity contribution in [3.63, 3.8) is 0 Å². The average molecular weight is 389 g/mol. The van der Waals surface area contributed by atoms with Gasteiger partial charge < -0.3 is 19.5 Å². The van der Waals surface area contributed by atoms with Crippen LogP contribution >= 0.6 is 11.8 Å². The lowest BCUT2D eigenvalue weighted by Gasteiger charge is -2.11. The molecule has 1 aliphatic rings. The van der Waals surface area contributed by atoms with Gasteiger partial charge in [-0.1, -0.05) is 11.8 Å². The minimum atomic E-state index is -0.0294. The summed E-state index contributed by atoms with van der Waals surface area (Å²) in [6.07, 6.45) is 2.23. The van der Waals surface area contributed by atoms with Gasteiger partial charge in [0.15, 0.2) is 0 Å². The molecule has 1 aromatic carbocycles. The van der Waals surface area contributed by atoms with E-state index in [-0.39, 0.29) is 12.0 Å². The van der Waals surface area contributed by atoms with Gasteiger partial charge in [-0.3, -0.25) is 4.79 Å². The van der Waals surface area contributed by atoms with Crippen molar-refractivity contribution in [1.29, 1.82) is 0 Å². The van der Waals surface area contributed by atoms with Crippen LogP contribution in [0.25, 0.3) is 11.3 Å². The second-order valence-corrected chi connectivity index (χ2v) is 7.05. The van der Waals surface area contributed by atoms with Crippen molar-refractivity contribution >= 4 is 17.7 Å². The molecule has 1 fully saturated rings. The smallest absolute Gasteiger partial charge is 0.230 e. The van der Waals surface area contributed by atoms with Crippen LogP contribution in [0.4, 0.5) is 0 Å². The Morgan fingerprint density at radius 1 is 1.26 bits per heavy atom. The van der Waals surface area contributed by atoms with Crippen molar-refractivity contribution < 1.29 is 19.0 Å². The summed E-state index contributed by atoms with van der Waals surface area (Å²) in [5, 5.41) is 12.1. The van der Waals surface area contributed by atoms with E-state index in [4.69, 9.17) is 14.2 Å². The standard InChI is InChI=1S/C19H23N3O4S/c1-24-13-5-6-15(17(10-13)25-2)16-7-8-19(22-21-16)27-12-18(23)20-11-14-4-3-9-26-14/h5-8,10,14H,3-4,9,11-12H2,1-2H3,(H,20,23). The van der Waals surface area contributed by atoms with Crippen molar-refractivity contribution in [3.05, 3.63) is 30.3 Å². The molecule has 1 atom stereocenters. The monoisotopic (exact) mass is 389 g/mol. The molecular formula is C19H23N3O4S. The van der Waals surface area contributed by atoms with Gasteiger partial charge in [0.1, 0.15) is 16.5 Å². The van der Waals surface area contributed by atoms with Crippen molar-refractivity contribution in [2.45, 2.75) is 24.0 Å². The van der Waals surface area contributed by atoms with Crippen LogP contribution in [0.1, 0.15) is 12.8 Å². The highest BCUT2D eigenvalue weighted by Gasteiger charge is 2.16. The van der Waals surface area contributed by atoms with E-state index in [0.717, 1.165) is 25.0 Å². The van der Waals surface area contributed by atoms with E-state index in [0.29, 0.717) is 34.5 Å². The molecule has 144 valence electrons. The summed E-state index contributed by atoms with van der Waals surface area (Å²) in [5.41, 5.74) is 1.53. The molecule has 1 aliphatic heterocycles. The number of methoxy groups -OCH3 is 2. The van der Waals surface area contributed by atoms with Crippen LogP contribution in [0.2, 0.25) is 0 Å². The molecule has 0 aliphatic carbocycles. The minimum absolute atomic E-state index is 0.0294. The summed E-state index contributed by atoms with van der Waals surface area (Å²) in [4.78, 5) is 11.9. The van der Waals surface area contributed by atoms with Crippen LogP contribution in [-0.2, 0) is 9.53 Å². The maximum absolute atomic E-state index is 11.9. The molecule has 2 aromatic rings. The normalized spacial score (nSPS) is 16.1. The second kappa shape index (κ2) is 9.57. The fourth-order valence-electron chi connectivity index (χ4n) is 2.77. The van der Waals surface area contributed by atoms with Crippen LogP contribution in [-0.4, -0.2) is 55.3 Å². The molecule has 0 bridgehead atoms. The average Bonchev–Trinajstić information content (AvgIpc) is 3.24. The maximum atomic E-state index is 11.9. The first-order valence-corrected chi connectivity index (χ1v) is 9.75. The van der Waals surface area contributed by atoms with E-state index in [2.05, 4.69) is 15.5 Å². The highest BCUT2D eigenvalue weighted by atomic mass is 32.2. The summed E-state index contributed by atoms with van der Waals surface area (Å²) < 4.78 is 16.1. The number of hydrogen-bond donors (Lipinski definition) is 1. The molecule has 1 N–H and O–H groups in total. The van der Waals surface area contributed by atoms with Crippen molar-refractivity contribution in [2.75, 3.05) is 33.1 Å². The Morgan fingerprint density at radius 3 is 2.81 bits per heavy atom. The van der Waals surface area contributed by atoms with Crippen LogP contribution in [0, 0.1) is 0 Å². The largest absolute Gasteiger partial charge is 0.497 e. The summed E-state index contributed by atoms with van der Waals surface area (Å²) in [6, 6.07) is 9.25. The molecule has 8 heteroatoms. The molecule has 0 saturated carbocycles. The van der Waals surface area contributed by atoms with E-state index >= 15 is 0 Å². The number of benzene rings is 1. The van der Waals surface area contributed by atoms with Gasteiger partial charge in [0, 0.05) is 24.8 Å². The highest BCUT2D eigenvalue weighted by molar-refractivity contribution is 7.99. The fraction of sp³-hybridized carbons (Fsp3) is 0.421. The number of nitrogens with zero attached hydrogens (tertiary/aromatic N) is 2. The molecule has 1 amide bonds. The van der Waals surface area contributed by atoms with Gasteiger partial charge in [0.05, 0.1) is 31.8 Å². The zero-order valence-corrected chi connectivity index (χ0v) is 16.3. The van der Waals surface area contributed by atoms with E-state index in [1.807, 2.05) is 24.3 Å².